The molecule has 23 heavy (non-hydrogen) atoms. The number of hydrogen-bond acceptors (Lipinski definition) is 5. The molecule has 2 aromatic heterocycles. The summed E-state index contributed by atoms with van der Waals surface area (Å²) < 4.78 is 32.8. The molecule has 0 aliphatic heterocycles. The van der Waals surface area contributed by atoms with Crippen molar-refractivity contribution in [1.29, 1.82) is 0 Å². The Morgan fingerprint density at radius 1 is 1.13 bits per heavy atom. The van der Waals surface area contributed by atoms with Gasteiger partial charge in [0.25, 0.3) is 11.3 Å². The fraction of sp³-hybridized carbons (Fsp3) is 0.0667. The average Bonchev–Trinajstić information content (AvgIpc) is 2.56. The Bertz CT molecular complexity index is 855. The van der Waals surface area contributed by atoms with Gasteiger partial charge in [0.2, 0.25) is 0 Å². The summed E-state index contributed by atoms with van der Waals surface area (Å²) in [5, 5.41) is 0. The SMILES string of the molecule is COc1cnc2c(Oc3ccc(NS(=O)O)cc3)ccnc2c1. The summed E-state index contributed by atoms with van der Waals surface area (Å²) in [5.74, 6) is 1.75. The number of anilines is 1. The fourth-order valence-corrected chi connectivity index (χ4v) is 2.34. The predicted octanol–water partition coefficient (Wildman–Crippen LogP) is 2.98. The Labute approximate surface area is 134 Å². The summed E-state index contributed by atoms with van der Waals surface area (Å²) in [7, 11) is 1.57. The summed E-state index contributed by atoms with van der Waals surface area (Å²) in [5.41, 5.74) is 1.79. The first-order chi connectivity index (χ1) is 11.2. The van der Waals surface area contributed by atoms with Crippen molar-refractivity contribution >= 4 is 28.0 Å². The average molecular weight is 331 g/mol. The number of methoxy groups -OCH3 is 1. The maximum Gasteiger partial charge on any atom is 0.259 e. The molecule has 118 valence electrons. The lowest BCUT2D eigenvalue weighted by atomic mass is 10.3. The quantitative estimate of drug-likeness (QED) is 0.698. The highest BCUT2D eigenvalue weighted by molar-refractivity contribution is 7.80. The number of hydrogen-bond donors (Lipinski definition) is 2. The lowest BCUT2D eigenvalue weighted by Crippen LogP contribution is -2.01. The summed E-state index contributed by atoms with van der Waals surface area (Å²) in [6.07, 6.45) is 3.23. The summed E-state index contributed by atoms with van der Waals surface area (Å²) in [6, 6.07) is 10.2. The molecule has 3 rings (SSSR count). The van der Waals surface area contributed by atoms with Crippen molar-refractivity contribution in [2.75, 3.05) is 11.8 Å². The van der Waals surface area contributed by atoms with E-state index in [4.69, 9.17) is 14.0 Å². The first-order valence-electron chi connectivity index (χ1n) is 6.60. The van der Waals surface area contributed by atoms with Crippen LogP contribution in [0.4, 0.5) is 5.69 Å². The zero-order valence-electron chi connectivity index (χ0n) is 12.1. The number of aromatic nitrogens is 2. The molecule has 0 aliphatic rings. The molecule has 3 aromatic rings. The third kappa shape index (κ3) is 3.55. The van der Waals surface area contributed by atoms with Crippen molar-refractivity contribution in [2.24, 2.45) is 0 Å². The van der Waals surface area contributed by atoms with Crippen LogP contribution in [0.15, 0.2) is 48.8 Å². The number of nitrogens with one attached hydrogen (secondary N) is 1. The molecular weight excluding hydrogens is 318 g/mol. The molecule has 0 amide bonds. The van der Waals surface area contributed by atoms with Crippen LogP contribution < -0.4 is 14.2 Å². The Balaban J connectivity index is 1.87. The molecule has 2 heterocycles. The van der Waals surface area contributed by atoms with Crippen LogP contribution in [0.25, 0.3) is 11.0 Å². The molecule has 1 unspecified atom stereocenters. The largest absolute Gasteiger partial charge is 0.495 e. The zero-order chi connectivity index (χ0) is 16.2. The van der Waals surface area contributed by atoms with E-state index >= 15 is 0 Å². The van der Waals surface area contributed by atoms with Gasteiger partial charge >= 0.3 is 0 Å². The second-order valence-electron chi connectivity index (χ2n) is 4.53. The molecule has 7 nitrogen and oxygen atoms in total. The third-order valence-corrected chi connectivity index (χ3v) is 3.45. The zero-order valence-corrected chi connectivity index (χ0v) is 12.9. The second-order valence-corrected chi connectivity index (χ2v) is 5.23. The second kappa shape index (κ2) is 6.59. The predicted molar refractivity (Wildman–Crippen MR) is 87.0 cm³/mol. The molecule has 1 aromatic carbocycles. The van der Waals surface area contributed by atoms with Crippen LogP contribution in [0, 0.1) is 0 Å². The van der Waals surface area contributed by atoms with Crippen LogP contribution in [0.3, 0.4) is 0 Å². The number of benzene rings is 1. The van der Waals surface area contributed by atoms with E-state index in [-0.39, 0.29) is 0 Å². The van der Waals surface area contributed by atoms with Gasteiger partial charge in [0.15, 0.2) is 5.75 Å². The number of ether oxygens (including phenoxy) is 2. The van der Waals surface area contributed by atoms with Gasteiger partial charge in [-0.3, -0.25) is 14.3 Å². The number of fused-ring (bicyclic) bond motifs is 1. The van der Waals surface area contributed by atoms with Gasteiger partial charge in [-0.05, 0) is 24.3 Å². The van der Waals surface area contributed by atoms with Gasteiger partial charge in [0.1, 0.15) is 17.0 Å². The van der Waals surface area contributed by atoms with Crippen LogP contribution in [0.5, 0.6) is 17.2 Å². The van der Waals surface area contributed by atoms with Crippen molar-refractivity contribution in [3.8, 4) is 17.2 Å². The van der Waals surface area contributed by atoms with Crippen LogP contribution in [0.1, 0.15) is 0 Å². The smallest absolute Gasteiger partial charge is 0.259 e. The molecule has 8 heteroatoms. The van der Waals surface area contributed by atoms with E-state index < -0.39 is 11.3 Å². The van der Waals surface area contributed by atoms with Gasteiger partial charge in [-0.1, -0.05) is 0 Å². The topological polar surface area (TPSA) is 93.6 Å². The normalized spacial score (nSPS) is 11.9. The van der Waals surface area contributed by atoms with Crippen molar-refractivity contribution in [1.82, 2.24) is 9.97 Å². The van der Waals surface area contributed by atoms with Gasteiger partial charge in [-0.2, -0.15) is 0 Å². The van der Waals surface area contributed by atoms with Gasteiger partial charge < -0.3 is 9.47 Å². The van der Waals surface area contributed by atoms with Crippen molar-refractivity contribution < 1.29 is 18.2 Å². The Hall–Kier alpha value is -2.71. The number of pyridine rings is 2. The molecule has 0 saturated heterocycles. The Kier molecular flexibility index (Phi) is 4.35. The van der Waals surface area contributed by atoms with E-state index in [9.17, 15) is 4.21 Å². The molecule has 0 bridgehead atoms. The van der Waals surface area contributed by atoms with Crippen molar-refractivity contribution in [2.45, 2.75) is 0 Å². The van der Waals surface area contributed by atoms with E-state index in [0.29, 0.717) is 34.0 Å². The molecule has 0 radical (unpaired) electrons. The van der Waals surface area contributed by atoms with Gasteiger partial charge in [0, 0.05) is 24.0 Å². The monoisotopic (exact) mass is 331 g/mol. The molecule has 2 N–H and O–H groups in total. The summed E-state index contributed by atoms with van der Waals surface area (Å²) in [4.78, 5) is 8.55. The van der Waals surface area contributed by atoms with E-state index in [1.54, 1.807) is 55.9 Å². The van der Waals surface area contributed by atoms with Crippen molar-refractivity contribution in [3.63, 3.8) is 0 Å². The molecular formula is C15H13N3O4S. The first-order valence-corrected chi connectivity index (χ1v) is 7.70. The molecule has 0 saturated carbocycles. The van der Waals surface area contributed by atoms with Gasteiger partial charge in [0.05, 0.1) is 18.8 Å². The molecule has 0 spiro atoms. The van der Waals surface area contributed by atoms with Crippen molar-refractivity contribution in [3.05, 3.63) is 48.8 Å². The standard InChI is InChI=1S/C15H13N3O4S/c1-21-12-8-13-15(17-9-12)14(6-7-16-13)22-11-4-2-10(3-5-11)18-23(19)20/h2-9,18H,1H3,(H,19,20). The minimum absolute atomic E-state index is 0.514. The third-order valence-electron chi connectivity index (χ3n) is 3.04. The van der Waals surface area contributed by atoms with E-state index in [1.165, 1.54) is 0 Å². The summed E-state index contributed by atoms with van der Waals surface area (Å²) >= 11 is -2.10. The van der Waals surface area contributed by atoms with Crippen LogP contribution in [-0.2, 0) is 11.3 Å². The first kappa shape index (κ1) is 15.2. The highest BCUT2D eigenvalue weighted by Crippen LogP contribution is 2.29. The molecule has 0 aliphatic carbocycles. The fourth-order valence-electron chi connectivity index (χ4n) is 2.00. The van der Waals surface area contributed by atoms with Crippen LogP contribution in [0.2, 0.25) is 0 Å². The van der Waals surface area contributed by atoms with Gasteiger partial charge in [-0.25, -0.2) is 9.19 Å². The number of rotatable bonds is 5. The molecule has 1 atom stereocenters. The highest BCUT2D eigenvalue weighted by atomic mass is 32.2. The highest BCUT2D eigenvalue weighted by Gasteiger charge is 2.07. The lowest BCUT2D eigenvalue weighted by Gasteiger charge is -2.09. The maximum absolute atomic E-state index is 10.7. The van der Waals surface area contributed by atoms with Gasteiger partial charge in [-0.15, -0.1) is 0 Å². The van der Waals surface area contributed by atoms with E-state index in [1.807, 2.05) is 0 Å². The number of nitrogens with zero attached hydrogens (tertiary/aromatic N) is 2. The maximum atomic E-state index is 10.7. The summed E-state index contributed by atoms with van der Waals surface area (Å²) in [6.45, 7) is 0. The molecule has 0 fully saturated rings. The van der Waals surface area contributed by atoms with Crippen LogP contribution >= 0.6 is 0 Å². The van der Waals surface area contributed by atoms with Crippen LogP contribution in [-0.4, -0.2) is 25.8 Å². The Morgan fingerprint density at radius 2 is 1.91 bits per heavy atom. The Morgan fingerprint density at radius 3 is 2.61 bits per heavy atom. The minimum Gasteiger partial charge on any atom is -0.495 e. The van der Waals surface area contributed by atoms with E-state index in [2.05, 4.69) is 14.7 Å². The lowest BCUT2D eigenvalue weighted by molar-refractivity contribution is 0.413. The minimum atomic E-state index is -2.10. The van der Waals surface area contributed by atoms with E-state index in [0.717, 1.165) is 0 Å².